The molecule has 3 unspecified atom stereocenters. The molecule has 106 valence electrons. The standard InChI is InChI=1S/C14H19F2NO2/c1-14(2)12(6-13(14)19)17-7-11(18)9-4-3-8(15)5-10(9)16/h3-5,11-13,17-19H,6-7H2,1-2H3. The molecule has 1 aromatic rings. The average Bonchev–Trinajstić information content (AvgIpc) is 2.33. The molecule has 0 spiro atoms. The molecule has 1 aliphatic carbocycles. The van der Waals surface area contributed by atoms with Crippen molar-refractivity contribution in [2.75, 3.05) is 6.54 Å². The lowest BCUT2D eigenvalue weighted by atomic mass is 9.64. The Morgan fingerprint density at radius 3 is 2.63 bits per heavy atom. The van der Waals surface area contributed by atoms with E-state index in [2.05, 4.69) is 5.32 Å². The normalized spacial score (nSPS) is 26.8. The van der Waals surface area contributed by atoms with Crippen LogP contribution in [-0.4, -0.2) is 28.9 Å². The van der Waals surface area contributed by atoms with E-state index in [1.165, 1.54) is 6.07 Å². The molecule has 0 amide bonds. The van der Waals surface area contributed by atoms with Crippen LogP contribution in [0.2, 0.25) is 0 Å². The summed E-state index contributed by atoms with van der Waals surface area (Å²) in [5, 5.41) is 22.6. The molecule has 1 saturated carbocycles. The van der Waals surface area contributed by atoms with Crippen molar-refractivity contribution in [1.29, 1.82) is 0 Å². The Kier molecular flexibility index (Phi) is 3.90. The van der Waals surface area contributed by atoms with Crippen molar-refractivity contribution in [3.05, 3.63) is 35.4 Å². The van der Waals surface area contributed by atoms with Crippen LogP contribution in [0.5, 0.6) is 0 Å². The van der Waals surface area contributed by atoms with Gasteiger partial charge in [-0.05, 0) is 12.5 Å². The molecule has 0 radical (unpaired) electrons. The van der Waals surface area contributed by atoms with Gasteiger partial charge in [-0.3, -0.25) is 0 Å². The molecule has 1 fully saturated rings. The number of halogens is 2. The fraction of sp³-hybridized carbons (Fsp3) is 0.571. The Bertz CT molecular complexity index is 465. The number of rotatable bonds is 4. The van der Waals surface area contributed by atoms with E-state index in [9.17, 15) is 19.0 Å². The van der Waals surface area contributed by atoms with E-state index in [0.717, 1.165) is 12.1 Å². The second kappa shape index (κ2) is 5.15. The van der Waals surface area contributed by atoms with Gasteiger partial charge in [0, 0.05) is 29.6 Å². The third-order valence-electron chi connectivity index (χ3n) is 4.10. The maximum Gasteiger partial charge on any atom is 0.131 e. The lowest BCUT2D eigenvalue weighted by Crippen LogP contribution is -2.60. The third-order valence-corrected chi connectivity index (χ3v) is 4.10. The van der Waals surface area contributed by atoms with Gasteiger partial charge < -0.3 is 15.5 Å². The van der Waals surface area contributed by atoms with Crippen molar-refractivity contribution >= 4 is 0 Å². The van der Waals surface area contributed by atoms with Gasteiger partial charge in [-0.1, -0.05) is 19.9 Å². The lowest BCUT2D eigenvalue weighted by molar-refractivity contribution is -0.0749. The SMILES string of the molecule is CC1(C)C(O)CC1NCC(O)c1ccc(F)cc1F. The van der Waals surface area contributed by atoms with Gasteiger partial charge in [0.05, 0.1) is 12.2 Å². The molecule has 3 atom stereocenters. The van der Waals surface area contributed by atoms with Crippen molar-refractivity contribution < 1.29 is 19.0 Å². The zero-order chi connectivity index (χ0) is 14.2. The second-order valence-electron chi connectivity index (χ2n) is 5.72. The van der Waals surface area contributed by atoms with Crippen LogP contribution in [-0.2, 0) is 0 Å². The minimum atomic E-state index is -1.03. The van der Waals surface area contributed by atoms with E-state index in [0.29, 0.717) is 6.42 Å². The first kappa shape index (κ1) is 14.4. The van der Waals surface area contributed by atoms with Crippen molar-refractivity contribution in [2.24, 2.45) is 5.41 Å². The smallest absolute Gasteiger partial charge is 0.131 e. The summed E-state index contributed by atoms with van der Waals surface area (Å²) in [6.45, 7) is 4.04. The quantitative estimate of drug-likeness (QED) is 0.782. The minimum absolute atomic E-state index is 0.0755. The molecule has 0 saturated heterocycles. The highest BCUT2D eigenvalue weighted by molar-refractivity contribution is 5.21. The van der Waals surface area contributed by atoms with Gasteiger partial charge in [-0.25, -0.2) is 8.78 Å². The molecular weight excluding hydrogens is 252 g/mol. The Morgan fingerprint density at radius 1 is 1.42 bits per heavy atom. The van der Waals surface area contributed by atoms with Crippen LogP contribution >= 0.6 is 0 Å². The molecule has 3 nitrogen and oxygen atoms in total. The first-order chi connectivity index (χ1) is 8.82. The Hall–Kier alpha value is -1.04. The minimum Gasteiger partial charge on any atom is -0.392 e. The Morgan fingerprint density at radius 2 is 2.11 bits per heavy atom. The first-order valence-electron chi connectivity index (χ1n) is 6.37. The fourth-order valence-electron chi connectivity index (χ4n) is 2.38. The van der Waals surface area contributed by atoms with Crippen molar-refractivity contribution in [2.45, 2.75) is 38.5 Å². The number of nitrogens with one attached hydrogen (secondary N) is 1. The van der Waals surface area contributed by atoms with Crippen LogP contribution < -0.4 is 5.32 Å². The van der Waals surface area contributed by atoms with E-state index in [-0.39, 0.29) is 29.7 Å². The first-order valence-corrected chi connectivity index (χ1v) is 6.37. The molecule has 1 aliphatic rings. The third kappa shape index (κ3) is 2.78. The van der Waals surface area contributed by atoms with Crippen LogP contribution in [0.3, 0.4) is 0 Å². The fourth-order valence-corrected chi connectivity index (χ4v) is 2.38. The van der Waals surface area contributed by atoms with Gasteiger partial charge >= 0.3 is 0 Å². The van der Waals surface area contributed by atoms with Gasteiger partial charge in [-0.2, -0.15) is 0 Å². The summed E-state index contributed by atoms with van der Waals surface area (Å²) in [7, 11) is 0. The van der Waals surface area contributed by atoms with Gasteiger partial charge in [0.15, 0.2) is 0 Å². The molecule has 0 heterocycles. The molecule has 5 heteroatoms. The number of aliphatic hydroxyl groups is 2. The van der Waals surface area contributed by atoms with Gasteiger partial charge in [0.2, 0.25) is 0 Å². The number of hydrogen-bond donors (Lipinski definition) is 3. The predicted molar refractivity (Wildman–Crippen MR) is 67.5 cm³/mol. The summed E-state index contributed by atoms with van der Waals surface area (Å²) in [4.78, 5) is 0. The maximum atomic E-state index is 13.5. The summed E-state index contributed by atoms with van der Waals surface area (Å²) >= 11 is 0. The summed E-state index contributed by atoms with van der Waals surface area (Å²) < 4.78 is 26.2. The van der Waals surface area contributed by atoms with E-state index >= 15 is 0 Å². The van der Waals surface area contributed by atoms with E-state index < -0.39 is 17.7 Å². The average molecular weight is 271 g/mol. The van der Waals surface area contributed by atoms with Crippen molar-refractivity contribution in [1.82, 2.24) is 5.32 Å². The summed E-state index contributed by atoms with van der Waals surface area (Å²) in [6.07, 6.45) is -0.773. The molecule has 19 heavy (non-hydrogen) atoms. The number of benzene rings is 1. The zero-order valence-corrected chi connectivity index (χ0v) is 11.0. The van der Waals surface area contributed by atoms with Crippen molar-refractivity contribution in [3.8, 4) is 0 Å². The summed E-state index contributed by atoms with van der Waals surface area (Å²) in [6, 6.07) is 3.21. The summed E-state index contributed by atoms with van der Waals surface area (Å²) in [5.74, 6) is -1.41. The highest BCUT2D eigenvalue weighted by Crippen LogP contribution is 2.40. The number of hydrogen-bond acceptors (Lipinski definition) is 3. The van der Waals surface area contributed by atoms with E-state index in [1.54, 1.807) is 0 Å². The van der Waals surface area contributed by atoms with Gasteiger partial charge in [-0.15, -0.1) is 0 Å². The van der Waals surface area contributed by atoms with Crippen molar-refractivity contribution in [3.63, 3.8) is 0 Å². The molecule has 1 aromatic carbocycles. The van der Waals surface area contributed by atoms with E-state index in [4.69, 9.17) is 0 Å². The maximum absolute atomic E-state index is 13.5. The highest BCUT2D eigenvalue weighted by Gasteiger charge is 2.46. The van der Waals surface area contributed by atoms with Crippen LogP contribution in [0.4, 0.5) is 8.78 Å². The van der Waals surface area contributed by atoms with Gasteiger partial charge in [0.25, 0.3) is 0 Å². The summed E-state index contributed by atoms with van der Waals surface area (Å²) in [5.41, 5.74) is -0.173. The zero-order valence-electron chi connectivity index (χ0n) is 11.0. The molecular formula is C14H19F2NO2. The molecule has 0 aromatic heterocycles. The largest absolute Gasteiger partial charge is 0.392 e. The Balaban J connectivity index is 1.93. The van der Waals surface area contributed by atoms with Crippen LogP contribution in [0, 0.1) is 17.0 Å². The molecule has 3 N–H and O–H groups in total. The monoisotopic (exact) mass is 271 g/mol. The molecule has 2 rings (SSSR count). The molecule has 0 bridgehead atoms. The topological polar surface area (TPSA) is 52.5 Å². The number of aliphatic hydroxyl groups excluding tert-OH is 2. The second-order valence-corrected chi connectivity index (χ2v) is 5.72. The highest BCUT2D eigenvalue weighted by atomic mass is 19.1. The van der Waals surface area contributed by atoms with E-state index in [1.807, 2.05) is 13.8 Å². The van der Waals surface area contributed by atoms with Crippen LogP contribution in [0.1, 0.15) is 31.9 Å². The van der Waals surface area contributed by atoms with Crippen LogP contribution in [0.15, 0.2) is 18.2 Å². The van der Waals surface area contributed by atoms with Gasteiger partial charge in [0.1, 0.15) is 11.6 Å². The predicted octanol–water partition coefficient (Wildman–Crippen LogP) is 1.75. The molecule has 0 aliphatic heterocycles. The lowest BCUT2D eigenvalue weighted by Gasteiger charge is -2.50. The van der Waals surface area contributed by atoms with Crippen LogP contribution in [0.25, 0.3) is 0 Å². The Labute approximate surface area is 111 Å².